The number of rotatable bonds is 2. The number of piperidine rings is 1. The molecule has 94 valence electrons. The van der Waals surface area contributed by atoms with Gasteiger partial charge in [-0.2, -0.15) is 5.26 Å². The molecule has 0 saturated carbocycles. The zero-order chi connectivity index (χ0) is 13.1. The lowest BCUT2D eigenvalue weighted by Crippen LogP contribution is -2.38. The van der Waals surface area contributed by atoms with Gasteiger partial charge in [0.1, 0.15) is 11.9 Å². The Kier molecular flexibility index (Phi) is 3.66. The van der Waals surface area contributed by atoms with E-state index in [1.807, 2.05) is 25.1 Å². The van der Waals surface area contributed by atoms with E-state index in [-0.39, 0.29) is 11.7 Å². The van der Waals surface area contributed by atoms with Crippen LogP contribution in [0.5, 0.6) is 0 Å². The van der Waals surface area contributed by atoms with Gasteiger partial charge in [0.2, 0.25) is 0 Å². The normalized spacial score (nSPS) is 19.4. The van der Waals surface area contributed by atoms with Crippen molar-refractivity contribution in [1.29, 1.82) is 5.26 Å². The van der Waals surface area contributed by atoms with Gasteiger partial charge in [-0.05, 0) is 38.3 Å². The topological polar surface area (TPSA) is 44.1 Å². The molecular formula is C15H18N2O. The maximum atomic E-state index is 11.5. The number of carbonyl (C=O) groups is 1. The van der Waals surface area contributed by atoms with Crippen molar-refractivity contribution in [3.05, 3.63) is 29.3 Å². The Labute approximate surface area is 108 Å². The number of benzene rings is 1. The predicted molar refractivity (Wildman–Crippen MR) is 71.5 cm³/mol. The van der Waals surface area contributed by atoms with Crippen molar-refractivity contribution in [3.8, 4) is 6.07 Å². The smallest absolute Gasteiger partial charge is 0.134 e. The van der Waals surface area contributed by atoms with Crippen LogP contribution >= 0.6 is 0 Å². The average molecular weight is 242 g/mol. The third-order valence-corrected chi connectivity index (χ3v) is 3.67. The van der Waals surface area contributed by atoms with Gasteiger partial charge in [-0.3, -0.25) is 4.79 Å². The lowest BCUT2D eigenvalue weighted by Gasteiger charge is -2.34. The number of hydrogen-bond acceptors (Lipinski definition) is 3. The molecule has 3 heteroatoms. The molecule has 18 heavy (non-hydrogen) atoms. The molecule has 0 radical (unpaired) electrons. The first-order valence-electron chi connectivity index (χ1n) is 6.38. The van der Waals surface area contributed by atoms with Crippen molar-refractivity contribution in [3.63, 3.8) is 0 Å². The summed E-state index contributed by atoms with van der Waals surface area (Å²) in [4.78, 5) is 13.7. The number of para-hydroxylation sites is 1. The van der Waals surface area contributed by atoms with Crippen LogP contribution in [-0.4, -0.2) is 18.9 Å². The number of nitriles is 1. The van der Waals surface area contributed by atoms with E-state index in [4.69, 9.17) is 0 Å². The molecule has 0 aliphatic carbocycles. The van der Waals surface area contributed by atoms with E-state index in [0.29, 0.717) is 5.56 Å². The van der Waals surface area contributed by atoms with Crippen molar-refractivity contribution in [1.82, 2.24) is 0 Å². The molecule has 1 aliphatic heterocycles. The summed E-state index contributed by atoms with van der Waals surface area (Å²) < 4.78 is 0. The minimum absolute atomic E-state index is 0.116. The largest absolute Gasteiger partial charge is 0.370 e. The van der Waals surface area contributed by atoms with Crippen molar-refractivity contribution >= 4 is 11.5 Å². The molecule has 0 bridgehead atoms. The first-order chi connectivity index (χ1) is 8.63. The molecule has 1 atom stereocenters. The molecular weight excluding hydrogens is 224 g/mol. The van der Waals surface area contributed by atoms with E-state index < -0.39 is 0 Å². The Balaban J connectivity index is 2.32. The second kappa shape index (κ2) is 5.22. The summed E-state index contributed by atoms with van der Waals surface area (Å²) >= 11 is 0. The van der Waals surface area contributed by atoms with E-state index in [1.54, 1.807) is 6.92 Å². The summed E-state index contributed by atoms with van der Waals surface area (Å²) in [7, 11) is 0. The van der Waals surface area contributed by atoms with Gasteiger partial charge in [0.15, 0.2) is 0 Å². The Bertz CT molecular complexity index is 502. The second-order valence-electron chi connectivity index (χ2n) is 4.98. The standard InChI is InChI=1S/C15H18N2O/c1-11-5-3-6-13(9-16)15(11)17-8-4-7-14(10-17)12(2)18/h3,5-6,14H,4,7-8,10H2,1-2H3. The van der Waals surface area contributed by atoms with Gasteiger partial charge < -0.3 is 4.90 Å². The molecule has 1 heterocycles. The minimum Gasteiger partial charge on any atom is -0.370 e. The lowest BCUT2D eigenvalue weighted by atomic mass is 9.93. The first-order valence-corrected chi connectivity index (χ1v) is 6.38. The number of hydrogen-bond donors (Lipinski definition) is 0. The van der Waals surface area contributed by atoms with Crippen molar-refractivity contribution < 1.29 is 4.79 Å². The number of aryl methyl sites for hydroxylation is 1. The van der Waals surface area contributed by atoms with Crippen LogP contribution in [0.4, 0.5) is 5.69 Å². The SMILES string of the molecule is CC(=O)C1CCCN(c2c(C)cccc2C#N)C1. The van der Waals surface area contributed by atoms with E-state index in [9.17, 15) is 10.1 Å². The van der Waals surface area contributed by atoms with Crippen LogP contribution in [-0.2, 0) is 4.79 Å². The zero-order valence-corrected chi connectivity index (χ0v) is 10.9. The maximum Gasteiger partial charge on any atom is 0.134 e. The van der Waals surface area contributed by atoms with Gasteiger partial charge in [-0.25, -0.2) is 0 Å². The quantitative estimate of drug-likeness (QED) is 0.800. The molecule has 1 aliphatic rings. The van der Waals surface area contributed by atoms with Crippen molar-refractivity contribution in [2.45, 2.75) is 26.7 Å². The fraction of sp³-hybridized carbons (Fsp3) is 0.467. The van der Waals surface area contributed by atoms with Crippen LogP contribution in [0.25, 0.3) is 0 Å². The highest BCUT2D eigenvalue weighted by molar-refractivity contribution is 5.79. The van der Waals surface area contributed by atoms with Gasteiger partial charge >= 0.3 is 0 Å². The van der Waals surface area contributed by atoms with Gasteiger partial charge in [-0.1, -0.05) is 12.1 Å². The second-order valence-corrected chi connectivity index (χ2v) is 4.98. The van der Waals surface area contributed by atoms with Gasteiger partial charge in [-0.15, -0.1) is 0 Å². The van der Waals surface area contributed by atoms with Crippen LogP contribution < -0.4 is 4.90 Å². The Morgan fingerprint density at radius 2 is 2.28 bits per heavy atom. The number of Topliss-reactive ketones (excluding diaryl/α,β-unsaturated/α-hetero) is 1. The molecule has 1 aromatic carbocycles. The molecule has 3 nitrogen and oxygen atoms in total. The number of nitrogens with zero attached hydrogens (tertiary/aromatic N) is 2. The van der Waals surface area contributed by atoms with E-state index in [1.165, 1.54) is 0 Å². The summed E-state index contributed by atoms with van der Waals surface area (Å²) in [5.74, 6) is 0.372. The molecule has 0 N–H and O–H groups in total. The molecule has 0 aromatic heterocycles. The summed E-state index contributed by atoms with van der Waals surface area (Å²) in [6, 6.07) is 8.03. The predicted octanol–water partition coefficient (Wildman–Crippen LogP) is 2.67. The molecule has 2 rings (SSSR count). The molecule has 1 saturated heterocycles. The fourth-order valence-corrected chi connectivity index (χ4v) is 2.68. The Morgan fingerprint density at radius 1 is 1.50 bits per heavy atom. The summed E-state index contributed by atoms with van der Waals surface area (Å²) in [5, 5.41) is 9.21. The molecule has 1 aromatic rings. The highest BCUT2D eigenvalue weighted by atomic mass is 16.1. The first kappa shape index (κ1) is 12.6. The van der Waals surface area contributed by atoms with Crippen LogP contribution in [0.1, 0.15) is 30.9 Å². The highest BCUT2D eigenvalue weighted by Crippen LogP contribution is 2.29. The summed E-state index contributed by atoms with van der Waals surface area (Å²) in [5.41, 5.74) is 2.82. The molecule has 1 fully saturated rings. The minimum atomic E-state index is 0.116. The Hall–Kier alpha value is -1.82. The third kappa shape index (κ3) is 2.38. The van der Waals surface area contributed by atoms with Crippen LogP contribution in [0, 0.1) is 24.2 Å². The monoisotopic (exact) mass is 242 g/mol. The van der Waals surface area contributed by atoms with Gasteiger partial charge in [0, 0.05) is 19.0 Å². The number of ketones is 1. The number of carbonyl (C=O) groups excluding carboxylic acids is 1. The summed E-state index contributed by atoms with van der Waals surface area (Å²) in [6.07, 6.45) is 1.99. The molecule has 0 amide bonds. The van der Waals surface area contributed by atoms with Crippen LogP contribution in [0.3, 0.4) is 0 Å². The van der Waals surface area contributed by atoms with Crippen molar-refractivity contribution in [2.24, 2.45) is 5.92 Å². The Morgan fingerprint density at radius 3 is 2.94 bits per heavy atom. The van der Waals surface area contributed by atoms with Crippen molar-refractivity contribution in [2.75, 3.05) is 18.0 Å². The fourth-order valence-electron chi connectivity index (χ4n) is 2.68. The van der Waals surface area contributed by atoms with Crippen LogP contribution in [0.15, 0.2) is 18.2 Å². The van der Waals surface area contributed by atoms with Gasteiger partial charge in [0.05, 0.1) is 11.3 Å². The van der Waals surface area contributed by atoms with Crippen LogP contribution in [0.2, 0.25) is 0 Å². The van der Waals surface area contributed by atoms with E-state index >= 15 is 0 Å². The number of anilines is 1. The third-order valence-electron chi connectivity index (χ3n) is 3.67. The lowest BCUT2D eigenvalue weighted by molar-refractivity contribution is -0.120. The molecule has 0 spiro atoms. The van der Waals surface area contributed by atoms with Gasteiger partial charge in [0.25, 0.3) is 0 Å². The maximum absolute atomic E-state index is 11.5. The zero-order valence-electron chi connectivity index (χ0n) is 10.9. The average Bonchev–Trinajstić information content (AvgIpc) is 2.38. The van der Waals surface area contributed by atoms with E-state index in [0.717, 1.165) is 37.2 Å². The van der Waals surface area contributed by atoms with E-state index in [2.05, 4.69) is 11.0 Å². The molecule has 1 unspecified atom stereocenters. The summed E-state index contributed by atoms with van der Waals surface area (Å²) in [6.45, 7) is 5.36. The highest BCUT2D eigenvalue weighted by Gasteiger charge is 2.25.